The van der Waals surface area contributed by atoms with Gasteiger partial charge < -0.3 is 14.8 Å². The average Bonchev–Trinajstić information content (AvgIpc) is 3.21. The number of allylic oxidation sites excluding steroid dienone is 1. The first-order valence-corrected chi connectivity index (χ1v) is 12.7. The first-order valence-electron chi connectivity index (χ1n) is 12.7. The predicted molar refractivity (Wildman–Crippen MR) is 147 cm³/mol. The van der Waals surface area contributed by atoms with Crippen LogP contribution in [0, 0.1) is 18.7 Å². The van der Waals surface area contributed by atoms with E-state index in [4.69, 9.17) is 0 Å². The molecule has 1 N–H and O–H groups in total. The molecule has 7 nitrogen and oxygen atoms in total. The number of nitrogens with one attached hydrogen (secondary N) is 1. The summed E-state index contributed by atoms with van der Waals surface area (Å²) in [6.07, 6.45) is 6.29. The van der Waals surface area contributed by atoms with Crippen molar-refractivity contribution in [1.82, 2.24) is 19.4 Å². The first-order chi connectivity index (χ1) is 17.8. The second-order valence-corrected chi connectivity index (χ2v) is 9.95. The molecule has 0 saturated carbocycles. The second kappa shape index (κ2) is 11.7. The number of aryl methyl sites for hydroxylation is 1. The van der Waals surface area contributed by atoms with Gasteiger partial charge in [0.2, 0.25) is 0 Å². The van der Waals surface area contributed by atoms with E-state index >= 15 is 0 Å². The SMILES string of the molecule is C=N/C=C(F)\C(=N/CNc1ccc(CC2CCN(C)CC2)cn1)c1cc(F)c2nc(C)n(C(C)C)c2c1. The van der Waals surface area contributed by atoms with E-state index in [1.165, 1.54) is 24.5 Å². The van der Waals surface area contributed by atoms with Gasteiger partial charge in [-0.25, -0.2) is 18.7 Å². The molecule has 1 aromatic carbocycles. The summed E-state index contributed by atoms with van der Waals surface area (Å²) < 4.78 is 31.9. The Hall–Kier alpha value is -3.46. The number of fused-ring (bicyclic) bond motifs is 1. The third-order valence-corrected chi connectivity index (χ3v) is 6.83. The Morgan fingerprint density at radius 2 is 2.03 bits per heavy atom. The minimum atomic E-state index is -0.704. The second-order valence-electron chi connectivity index (χ2n) is 9.95. The number of likely N-dealkylation sites (tertiary alicyclic amines) is 1. The fourth-order valence-corrected chi connectivity index (χ4v) is 4.95. The molecule has 3 heterocycles. The summed E-state index contributed by atoms with van der Waals surface area (Å²) in [7, 11) is 2.16. The molecule has 0 aliphatic carbocycles. The lowest BCUT2D eigenvalue weighted by Gasteiger charge is -2.28. The molecule has 1 aliphatic heterocycles. The van der Waals surface area contributed by atoms with Crippen molar-refractivity contribution in [2.24, 2.45) is 15.9 Å². The largest absolute Gasteiger partial charge is 0.351 e. The van der Waals surface area contributed by atoms with Gasteiger partial charge in [-0.2, -0.15) is 0 Å². The van der Waals surface area contributed by atoms with Crippen LogP contribution in [0.1, 0.15) is 49.7 Å². The summed E-state index contributed by atoms with van der Waals surface area (Å²) in [6.45, 7) is 11.5. The zero-order valence-electron chi connectivity index (χ0n) is 22.0. The quantitative estimate of drug-likeness (QED) is 0.377. The molecule has 3 aromatic rings. The molecule has 196 valence electrons. The Morgan fingerprint density at radius 3 is 2.68 bits per heavy atom. The van der Waals surface area contributed by atoms with Gasteiger partial charge in [-0.3, -0.25) is 9.98 Å². The van der Waals surface area contributed by atoms with Gasteiger partial charge in [-0.1, -0.05) is 6.07 Å². The van der Waals surface area contributed by atoms with Crippen molar-refractivity contribution in [3.05, 3.63) is 65.3 Å². The fraction of sp³-hybridized carbons (Fsp3) is 0.429. The monoisotopic (exact) mass is 507 g/mol. The summed E-state index contributed by atoms with van der Waals surface area (Å²) in [5.74, 6) is 0.777. The van der Waals surface area contributed by atoms with Crippen LogP contribution in [0.2, 0.25) is 0 Å². The molecule has 2 aromatic heterocycles. The number of imidazole rings is 1. The van der Waals surface area contributed by atoms with Crippen LogP contribution in [0.25, 0.3) is 11.0 Å². The van der Waals surface area contributed by atoms with E-state index in [0.29, 0.717) is 28.6 Å². The Morgan fingerprint density at radius 1 is 1.27 bits per heavy atom. The van der Waals surface area contributed by atoms with Gasteiger partial charge in [0, 0.05) is 17.8 Å². The van der Waals surface area contributed by atoms with Gasteiger partial charge in [0.25, 0.3) is 0 Å². The van der Waals surface area contributed by atoms with Crippen LogP contribution in [0.5, 0.6) is 0 Å². The topological polar surface area (TPSA) is 70.7 Å². The molecule has 1 saturated heterocycles. The number of aliphatic imine (C=N–C) groups is 2. The predicted octanol–water partition coefficient (Wildman–Crippen LogP) is 5.71. The summed E-state index contributed by atoms with van der Waals surface area (Å²) in [5.41, 5.74) is 2.32. The highest BCUT2D eigenvalue weighted by Gasteiger charge is 2.19. The van der Waals surface area contributed by atoms with Crippen LogP contribution < -0.4 is 5.32 Å². The maximum Gasteiger partial charge on any atom is 0.167 e. The lowest BCUT2D eigenvalue weighted by atomic mass is 9.91. The number of hydrogen-bond acceptors (Lipinski definition) is 6. The van der Waals surface area contributed by atoms with E-state index < -0.39 is 11.6 Å². The van der Waals surface area contributed by atoms with Gasteiger partial charge in [0.1, 0.15) is 29.5 Å². The van der Waals surface area contributed by atoms with Crippen LogP contribution in [0.15, 0.2) is 52.5 Å². The van der Waals surface area contributed by atoms with Crippen LogP contribution in [-0.2, 0) is 6.42 Å². The Balaban J connectivity index is 1.52. The van der Waals surface area contributed by atoms with E-state index in [1.54, 1.807) is 6.07 Å². The highest BCUT2D eigenvalue weighted by Crippen LogP contribution is 2.26. The molecular weight excluding hydrogens is 472 g/mol. The smallest absolute Gasteiger partial charge is 0.167 e. The molecule has 9 heteroatoms. The van der Waals surface area contributed by atoms with Crippen molar-refractivity contribution < 1.29 is 8.78 Å². The molecule has 0 spiro atoms. The molecule has 0 amide bonds. The van der Waals surface area contributed by atoms with Crippen LogP contribution in [0.3, 0.4) is 0 Å². The van der Waals surface area contributed by atoms with E-state index in [2.05, 4.69) is 50.0 Å². The molecule has 0 bridgehead atoms. The number of pyridine rings is 1. The summed E-state index contributed by atoms with van der Waals surface area (Å²) in [6, 6.07) is 7.01. The number of aromatic nitrogens is 3. The standard InChI is InChI=1S/C28H35F2N7/c1-18(2)37-19(3)35-28-23(29)13-22(14-25(28)37)27(24(30)16-31-4)34-17-33-26-7-6-21(15-32-26)12-20-8-10-36(5)11-9-20/h6-7,13-16,18,20H,4,8-12,17H2,1-3,5H3,(H,32,33)/b24-16+,34-27-. The molecule has 0 radical (unpaired) electrons. The summed E-state index contributed by atoms with van der Waals surface area (Å²) in [4.78, 5) is 19.1. The number of hydrogen-bond donors (Lipinski definition) is 1. The van der Waals surface area contributed by atoms with E-state index in [9.17, 15) is 8.78 Å². The Kier molecular flexibility index (Phi) is 8.43. The molecule has 0 unspecified atom stereocenters. The van der Waals surface area contributed by atoms with Gasteiger partial charge >= 0.3 is 0 Å². The summed E-state index contributed by atoms with van der Waals surface area (Å²) in [5, 5.41) is 3.11. The van der Waals surface area contributed by atoms with Crippen molar-refractivity contribution in [2.45, 2.75) is 46.1 Å². The van der Waals surface area contributed by atoms with E-state index in [1.807, 2.05) is 37.6 Å². The van der Waals surface area contributed by atoms with Crippen LogP contribution >= 0.6 is 0 Å². The molecule has 1 aliphatic rings. The molecule has 1 fully saturated rings. The molecule has 4 rings (SSSR count). The fourth-order valence-electron chi connectivity index (χ4n) is 4.95. The van der Waals surface area contributed by atoms with Gasteiger partial charge in [-0.15, -0.1) is 0 Å². The molecule has 37 heavy (non-hydrogen) atoms. The highest BCUT2D eigenvalue weighted by atomic mass is 19.1. The van der Waals surface area contributed by atoms with Crippen molar-refractivity contribution >= 4 is 29.3 Å². The number of nitrogens with zero attached hydrogens (tertiary/aromatic N) is 6. The van der Waals surface area contributed by atoms with E-state index in [-0.39, 0.29) is 23.9 Å². The third-order valence-electron chi connectivity index (χ3n) is 6.83. The molecular formula is C28H35F2N7. The lowest BCUT2D eigenvalue weighted by Crippen LogP contribution is -2.30. The van der Waals surface area contributed by atoms with Crippen molar-refractivity contribution in [3.63, 3.8) is 0 Å². The van der Waals surface area contributed by atoms with E-state index in [0.717, 1.165) is 25.7 Å². The lowest BCUT2D eigenvalue weighted by molar-refractivity contribution is 0.219. The van der Waals surface area contributed by atoms with Gasteiger partial charge in [-0.05, 0) is 96.6 Å². The Labute approximate surface area is 217 Å². The maximum absolute atomic E-state index is 15.0. The van der Waals surface area contributed by atoms with Crippen molar-refractivity contribution in [2.75, 3.05) is 32.1 Å². The number of anilines is 1. The van der Waals surface area contributed by atoms with Crippen LogP contribution in [0.4, 0.5) is 14.6 Å². The zero-order valence-corrected chi connectivity index (χ0v) is 22.0. The average molecular weight is 508 g/mol. The van der Waals surface area contributed by atoms with Crippen molar-refractivity contribution in [1.29, 1.82) is 0 Å². The van der Waals surface area contributed by atoms with Crippen LogP contribution in [-0.4, -0.2) is 58.7 Å². The third kappa shape index (κ3) is 6.28. The highest BCUT2D eigenvalue weighted by molar-refractivity contribution is 6.12. The van der Waals surface area contributed by atoms with Crippen molar-refractivity contribution in [3.8, 4) is 0 Å². The minimum absolute atomic E-state index is 0.0197. The molecule has 0 atom stereocenters. The number of piperidine rings is 1. The Bertz CT molecular complexity index is 1300. The first kappa shape index (κ1) is 26.6. The number of benzene rings is 1. The summed E-state index contributed by atoms with van der Waals surface area (Å²) >= 11 is 0. The number of rotatable bonds is 9. The number of halogens is 2. The van der Waals surface area contributed by atoms with Gasteiger partial charge in [0.05, 0.1) is 11.7 Å². The normalized spacial score (nSPS) is 16.1. The zero-order chi connectivity index (χ0) is 26.5. The van der Waals surface area contributed by atoms with Gasteiger partial charge in [0.15, 0.2) is 11.6 Å². The maximum atomic E-state index is 15.0. The minimum Gasteiger partial charge on any atom is -0.351 e.